The van der Waals surface area contributed by atoms with Gasteiger partial charge in [-0.15, -0.1) is 0 Å². The van der Waals surface area contributed by atoms with Crippen molar-refractivity contribution in [2.45, 2.75) is 25.8 Å². The van der Waals surface area contributed by atoms with Gasteiger partial charge < -0.3 is 20.5 Å². The quantitative estimate of drug-likeness (QED) is 0.653. The van der Waals surface area contributed by atoms with Crippen LogP contribution in [0.25, 0.3) is 0 Å². The van der Waals surface area contributed by atoms with E-state index in [0.29, 0.717) is 22.9 Å². The summed E-state index contributed by atoms with van der Waals surface area (Å²) < 4.78 is 10.2. The van der Waals surface area contributed by atoms with E-state index in [1.54, 1.807) is 18.2 Å². The molecule has 0 amide bonds. The monoisotopic (exact) mass is 278 g/mol. The lowest BCUT2D eigenvalue weighted by Crippen LogP contribution is -2.31. The third kappa shape index (κ3) is 3.22. The van der Waals surface area contributed by atoms with E-state index in [-0.39, 0.29) is 12.0 Å². The number of anilines is 2. The second-order valence-corrected chi connectivity index (χ2v) is 5.14. The molecule has 1 fully saturated rings. The van der Waals surface area contributed by atoms with Crippen molar-refractivity contribution in [3.63, 3.8) is 0 Å². The highest BCUT2D eigenvalue weighted by Crippen LogP contribution is 2.28. The van der Waals surface area contributed by atoms with Gasteiger partial charge in [0.2, 0.25) is 0 Å². The Labute approximate surface area is 119 Å². The molecule has 1 saturated heterocycles. The van der Waals surface area contributed by atoms with Crippen LogP contribution in [0.4, 0.5) is 11.4 Å². The van der Waals surface area contributed by atoms with Crippen molar-refractivity contribution in [3.8, 4) is 0 Å². The highest BCUT2D eigenvalue weighted by molar-refractivity contribution is 5.98. The highest BCUT2D eigenvalue weighted by Gasteiger charge is 2.23. The minimum atomic E-state index is -0.376. The molecule has 1 atom stereocenters. The van der Waals surface area contributed by atoms with Crippen LogP contribution in [0.3, 0.4) is 0 Å². The first-order chi connectivity index (χ1) is 9.63. The van der Waals surface area contributed by atoms with Crippen molar-refractivity contribution >= 4 is 17.3 Å². The molecule has 0 bridgehead atoms. The molecule has 0 radical (unpaired) electrons. The maximum Gasteiger partial charge on any atom is 0.340 e. The van der Waals surface area contributed by atoms with Gasteiger partial charge in [-0.25, -0.2) is 4.79 Å². The number of hydrogen-bond acceptors (Lipinski definition) is 5. The van der Waals surface area contributed by atoms with Crippen LogP contribution in [0.15, 0.2) is 18.2 Å². The molecule has 0 saturated carbocycles. The largest absolute Gasteiger partial charge is 0.465 e. The minimum Gasteiger partial charge on any atom is -0.465 e. The smallest absolute Gasteiger partial charge is 0.340 e. The predicted octanol–water partition coefficient (Wildman–Crippen LogP) is 2.28. The molecule has 20 heavy (non-hydrogen) atoms. The van der Waals surface area contributed by atoms with Crippen molar-refractivity contribution in [1.29, 1.82) is 0 Å². The summed E-state index contributed by atoms with van der Waals surface area (Å²) in [4.78, 5) is 11.8. The second kappa shape index (κ2) is 6.61. The van der Waals surface area contributed by atoms with Gasteiger partial charge in [0.25, 0.3) is 0 Å². The summed E-state index contributed by atoms with van der Waals surface area (Å²) in [5, 5.41) is 3.38. The summed E-state index contributed by atoms with van der Waals surface area (Å²) in [6.45, 7) is 3.71. The van der Waals surface area contributed by atoms with Gasteiger partial charge in [-0.3, -0.25) is 0 Å². The van der Waals surface area contributed by atoms with E-state index in [0.717, 1.165) is 26.1 Å². The first-order valence-corrected chi connectivity index (χ1v) is 6.94. The van der Waals surface area contributed by atoms with Crippen LogP contribution < -0.4 is 11.1 Å². The molecule has 5 nitrogen and oxygen atoms in total. The van der Waals surface area contributed by atoms with Crippen molar-refractivity contribution in [2.75, 3.05) is 31.4 Å². The molecule has 1 unspecified atom stereocenters. The Kier molecular flexibility index (Phi) is 4.84. The Morgan fingerprint density at radius 3 is 2.80 bits per heavy atom. The van der Waals surface area contributed by atoms with E-state index in [1.165, 1.54) is 7.11 Å². The Bertz CT molecular complexity index is 470. The minimum absolute atomic E-state index is 0.229. The number of ether oxygens (including phenoxy) is 2. The van der Waals surface area contributed by atoms with Gasteiger partial charge in [0.05, 0.1) is 24.0 Å². The molecule has 0 spiro atoms. The van der Waals surface area contributed by atoms with Gasteiger partial charge >= 0.3 is 5.97 Å². The van der Waals surface area contributed by atoms with Crippen molar-refractivity contribution in [2.24, 2.45) is 5.92 Å². The number of esters is 1. The molecular formula is C15H22N2O3. The van der Waals surface area contributed by atoms with Crippen LogP contribution in [0.1, 0.15) is 30.1 Å². The van der Waals surface area contributed by atoms with Gasteiger partial charge in [0, 0.05) is 19.3 Å². The first-order valence-electron chi connectivity index (χ1n) is 6.94. The summed E-state index contributed by atoms with van der Waals surface area (Å²) in [6, 6.07) is 5.49. The van der Waals surface area contributed by atoms with Crippen LogP contribution in [-0.4, -0.2) is 32.3 Å². The van der Waals surface area contributed by atoms with Gasteiger partial charge in [-0.1, -0.05) is 6.07 Å². The molecule has 5 heteroatoms. The maximum absolute atomic E-state index is 11.8. The number of nitrogen functional groups attached to an aromatic ring is 1. The second-order valence-electron chi connectivity index (χ2n) is 5.14. The SMILES string of the molecule is COC(=O)c1cccc(N)c1NC(C)C1CCOCC1. The van der Waals surface area contributed by atoms with E-state index in [4.69, 9.17) is 15.2 Å². The maximum atomic E-state index is 11.8. The molecule has 2 rings (SSSR count). The number of methoxy groups -OCH3 is 1. The van der Waals surface area contributed by atoms with Crippen LogP contribution in [0.5, 0.6) is 0 Å². The average Bonchev–Trinajstić information content (AvgIpc) is 2.49. The van der Waals surface area contributed by atoms with Crippen LogP contribution in [0.2, 0.25) is 0 Å². The molecule has 1 aliphatic rings. The summed E-state index contributed by atoms with van der Waals surface area (Å²) >= 11 is 0. The Morgan fingerprint density at radius 2 is 2.15 bits per heavy atom. The molecule has 3 N–H and O–H groups in total. The molecule has 1 aromatic rings. The zero-order chi connectivity index (χ0) is 14.5. The molecule has 1 aliphatic heterocycles. The van der Waals surface area contributed by atoms with Crippen LogP contribution >= 0.6 is 0 Å². The number of nitrogens with one attached hydrogen (secondary N) is 1. The molecule has 1 heterocycles. The normalized spacial score (nSPS) is 17.5. The lowest BCUT2D eigenvalue weighted by atomic mass is 9.92. The molecule has 0 aliphatic carbocycles. The molecule has 110 valence electrons. The lowest BCUT2D eigenvalue weighted by molar-refractivity contribution is 0.0597. The average molecular weight is 278 g/mol. The fourth-order valence-electron chi connectivity index (χ4n) is 2.57. The van der Waals surface area contributed by atoms with Crippen molar-refractivity contribution in [1.82, 2.24) is 0 Å². The summed E-state index contributed by atoms with van der Waals surface area (Å²) in [7, 11) is 1.37. The zero-order valence-corrected chi connectivity index (χ0v) is 12.0. The lowest BCUT2D eigenvalue weighted by Gasteiger charge is -2.30. The summed E-state index contributed by atoms with van der Waals surface area (Å²) in [5.41, 5.74) is 7.70. The fourth-order valence-corrected chi connectivity index (χ4v) is 2.57. The number of hydrogen-bond donors (Lipinski definition) is 2. The number of nitrogens with two attached hydrogens (primary N) is 1. The van der Waals surface area contributed by atoms with Crippen molar-refractivity contribution in [3.05, 3.63) is 23.8 Å². The zero-order valence-electron chi connectivity index (χ0n) is 12.0. The predicted molar refractivity (Wildman–Crippen MR) is 78.8 cm³/mol. The topological polar surface area (TPSA) is 73.6 Å². The Hall–Kier alpha value is -1.75. The van der Waals surface area contributed by atoms with Crippen molar-refractivity contribution < 1.29 is 14.3 Å². The molecule has 1 aromatic carbocycles. The fraction of sp³-hybridized carbons (Fsp3) is 0.533. The standard InChI is InChI=1S/C15H22N2O3/c1-10(11-6-8-20-9-7-11)17-14-12(15(18)19-2)4-3-5-13(14)16/h3-5,10-11,17H,6-9,16H2,1-2H3. The number of carbonyl (C=O) groups excluding carboxylic acids is 1. The summed E-state index contributed by atoms with van der Waals surface area (Å²) in [5.74, 6) is 0.146. The van der Waals surface area contributed by atoms with Gasteiger partial charge in [0.15, 0.2) is 0 Å². The third-order valence-corrected chi connectivity index (χ3v) is 3.85. The van der Waals surface area contributed by atoms with E-state index < -0.39 is 0 Å². The van der Waals surface area contributed by atoms with Crippen LogP contribution in [0, 0.1) is 5.92 Å². The van der Waals surface area contributed by atoms with E-state index >= 15 is 0 Å². The van der Waals surface area contributed by atoms with Crippen LogP contribution in [-0.2, 0) is 9.47 Å². The van der Waals surface area contributed by atoms with Gasteiger partial charge in [-0.05, 0) is 37.8 Å². The van der Waals surface area contributed by atoms with E-state index in [9.17, 15) is 4.79 Å². The van der Waals surface area contributed by atoms with Gasteiger partial charge in [0.1, 0.15) is 0 Å². The van der Waals surface area contributed by atoms with E-state index in [2.05, 4.69) is 12.2 Å². The first kappa shape index (κ1) is 14.7. The molecule has 0 aromatic heterocycles. The number of benzene rings is 1. The van der Waals surface area contributed by atoms with E-state index in [1.807, 2.05) is 0 Å². The number of carbonyl (C=O) groups is 1. The number of para-hydroxylation sites is 1. The highest BCUT2D eigenvalue weighted by atomic mass is 16.5. The van der Waals surface area contributed by atoms with Gasteiger partial charge in [-0.2, -0.15) is 0 Å². The molecular weight excluding hydrogens is 256 g/mol. The number of rotatable bonds is 4. The Balaban J connectivity index is 2.17. The summed E-state index contributed by atoms with van der Waals surface area (Å²) in [6.07, 6.45) is 2.04. The third-order valence-electron chi connectivity index (χ3n) is 3.85. The Morgan fingerprint density at radius 1 is 1.45 bits per heavy atom.